The SMILES string of the molecule is C=C(C)C[C@H](c1ccc(Br)c(Br)c1)N1CCNCC1. The summed E-state index contributed by atoms with van der Waals surface area (Å²) in [5.41, 5.74) is 2.60. The van der Waals surface area contributed by atoms with Gasteiger partial charge in [0.25, 0.3) is 0 Å². The molecule has 1 N–H and O–H groups in total. The van der Waals surface area contributed by atoms with Crippen molar-refractivity contribution in [3.05, 3.63) is 44.9 Å². The van der Waals surface area contributed by atoms with E-state index in [1.165, 1.54) is 11.1 Å². The van der Waals surface area contributed by atoms with Crippen molar-refractivity contribution in [2.24, 2.45) is 0 Å². The van der Waals surface area contributed by atoms with E-state index in [0.29, 0.717) is 6.04 Å². The van der Waals surface area contributed by atoms with Crippen LogP contribution in [0.1, 0.15) is 24.9 Å². The van der Waals surface area contributed by atoms with Gasteiger partial charge in [-0.25, -0.2) is 0 Å². The predicted octanol–water partition coefficient (Wildman–Crippen LogP) is 4.12. The molecule has 1 atom stereocenters. The minimum atomic E-state index is 0.434. The van der Waals surface area contributed by atoms with Crippen molar-refractivity contribution < 1.29 is 0 Å². The molecule has 19 heavy (non-hydrogen) atoms. The summed E-state index contributed by atoms with van der Waals surface area (Å²) in [7, 11) is 0. The molecule has 104 valence electrons. The number of halogens is 2. The highest BCUT2D eigenvalue weighted by Crippen LogP contribution is 2.32. The Hall–Kier alpha value is -0.160. The fraction of sp³-hybridized carbons (Fsp3) is 0.467. The Balaban J connectivity index is 2.24. The lowest BCUT2D eigenvalue weighted by atomic mass is 9.98. The lowest BCUT2D eigenvalue weighted by molar-refractivity contribution is 0.172. The van der Waals surface area contributed by atoms with Gasteiger partial charge in [0.05, 0.1) is 0 Å². The number of hydrogen-bond donors (Lipinski definition) is 1. The van der Waals surface area contributed by atoms with Crippen LogP contribution in [0.25, 0.3) is 0 Å². The van der Waals surface area contributed by atoms with Crippen LogP contribution < -0.4 is 5.32 Å². The van der Waals surface area contributed by atoms with E-state index in [9.17, 15) is 0 Å². The van der Waals surface area contributed by atoms with Crippen molar-refractivity contribution in [3.63, 3.8) is 0 Å². The highest BCUT2D eigenvalue weighted by Gasteiger charge is 2.22. The molecule has 0 unspecified atom stereocenters. The number of rotatable bonds is 4. The highest BCUT2D eigenvalue weighted by molar-refractivity contribution is 9.13. The van der Waals surface area contributed by atoms with Gasteiger partial charge in [-0.1, -0.05) is 11.6 Å². The van der Waals surface area contributed by atoms with Crippen molar-refractivity contribution in [2.45, 2.75) is 19.4 Å². The average molecular weight is 388 g/mol. The monoisotopic (exact) mass is 386 g/mol. The van der Waals surface area contributed by atoms with Gasteiger partial charge in [-0.3, -0.25) is 4.90 Å². The summed E-state index contributed by atoms with van der Waals surface area (Å²) in [5, 5.41) is 3.41. The van der Waals surface area contributed by atoms with Crippen molar-refractivity contribution in [2.75, 3.05) is 26.2 Å². The summed E-state index contributed by atoms with van der Waals surface area (Å²) >= 11 is 7.14. The van der Waals surface area contributed by atoms with Crippen LogP contribution in [-0.4, -0.2) is 31.1 Å². The molecule has 2 rings (SSSR count). The number of benzene rings is 1. The van der Waals surface area contributed by atoms with Crippen LogP contribution >= 0.6 is 31.9 Å². The highest BCUT2D eigenvalue weighted by atomic mass is 79.9. The third-order valence-corrected chi connectivity index (χ3v) is 5.34. The van der Waals surface area contributed by atoms with E-state index in [0.717, 1.165) is 41.5 Å². The number of nitrogens with one attached hydrogen (secondary N) is 1. The Labute approximate surface area is 132 Å². The summed E-state index contributed by atoms with van der Waals surface area (Å²) in [6.45, 7) is 10.6. The Morgan fingerprint density at radius 1 is 1.32 bits per heavy atom. The van der Waals surface area contributed by atoms with Gasteiger partial charge in [-0.15, -0.1) is 6.58 Å². The van der Waals surface area contributed by atoms with E-state index in [1.807, 2.05) is 0 Å². The molecule has 0 radical (unpaired) electrons. The fourth-order valence-corrected chi connectivity index (χ4v) is 3.14. The van der Waals surface area contributed by atoms with Crippen LogP contribution in [0.4, 0.5) is 0 Å². The summed E-state index contributed by atoms with van der Waals surface area (Å²) in [6, 6.07) is 6.99. The molecular formula is C15H20Br2N2. The van der Waals surface area contributed by atoms with E-state index >= 15 is 0 Å². The molecule has 0 amide bonds. The first-order valence-electron chi connectivity index (χ1n) is 6.62. The zero-order valence-electron chi connectivity index (χ0n) is 11.3. The van der Waals surface area contributed by atoms with Gasteiger partial charge in [0.15, 0.2) is 0 Å². The molecule has 1 aromatic carbocycles. The molecule has 1 aliphatic rings. The fourth-order valence-electron chi connectivity index (χ4n) is 2.50. The minimum absolute atomic E-state index is 0.434. The Morgan fingerprint density at radius 2 is 2.00 bits per heavy atom. The minimum Gasteiger partial charge on any atom is -0.314 e. The average Bonchev–Trinajstić information content (AvgIpc) is 2.40. The number of hydrogen-bond acceptors (Lipinski definition) is 2. The maximum Gasteiger partial charge on any atom is 0.0386 e. The number of piperazine rings is 1. The van der Waals surface area contributed by atoms with Gasteiger partial charge in [-0.05, 0) is 62.9 Å². The van der Waals surface area contributed by atoms with Gasteiger partial charge >= 0.3 is 0 Å². The largest absolute Gasteiger partial charge is 0.314 e. The molecule has 1 saturated heterocycles. The van der Waals surface area contributed by atoms with Gasteiger partial charge in [0, 0.05) is 41.2 Å². The zero-order valence-corrected chi connectivity index (χ0v) is 14.4. The van der Waals surface area contributed by atoms with Crippen molar-refractivity contribution in [1.29, 1.82) is 0 Å². The third-order valence-electron chi connectivity index (χ3n) is 3.46. The van der Waals surface area contributed by atoms with Crippen LogP contribution in [0.3, 0.4) is 0 Å². The van der Waals surface area contributed by atoms with Crippen molar-refractivity contribution in [1.82, 2.24) is 10.2 Å². The first-order chi connectivity index (χ1) is 9.08. The lowest BCUT2D eigenvalue weighted by Gasteiger charge is -2.35. The molecule has 1 aliphatic heterocycles. The lowest BCUT2D eigenvalue weighted by Crippen LogP contribution is -2.45. The van der Waals surface area contributed by atoms with Crippen LogP contribution in [0.15, 0.2) is 39.3 Å². The second kappa shape index (κ2) is 7.02. The maximum absolute atomic E-state index is 4.09. The van der Waals surface area contributed by atoms with Crippen LogP contribution in [0.2, 0.25) is 0 Å². The normalized spacial score (nSPS) is 18.3. The molecule has 1 aromatic rings. The van der Waals surface area contributed by atoms with Gasteiger partial charge < -0.3 is 5.32 Å². The Bertz CT molecular complexity index is 453. The molecule has 1 fully saturated rings. The van der Waals surface area contributed by atoms with Gasteiger partial charge in [0.2, 0.25) is 0 Å². The molecule has 4 heteroatoms. The van der Waals surface area contributed by atoms with E-state index in [4.69, 9.17) is 0 Å². The van der Waals surface area contributed by atoms with Crippen molar-refractivity contribution >= 4 is 31.9 Å². The van der Waals surface area contributed by atoms with E-state index in [-0.39, 0.29) is 0 Å². The van der Waals surface area contributed by atoms with Gasteiger partial charge in [0.1, 0.15) is 0 Å². The standard InChI is InChI=1S/C15H20Br2N2/c1-11(2)9-15(19-7-5-18-6-8-19)12-3-4-13(16)14(17)10-12/h3-4,10,15,18H,1,5-9H2,2H3/t15-/m1/s1. The number of nitrogens with zero attached hydrogens (tertiary/aromatic N) is 1. The van der Waals surface area contributed by atoms with E-state index in [1.54, 1.807) is 0 Å². The van der Waals surface area contributed by atoms with E-state index in [2.05, 4.69) is 73.8 Å². The topological polar surface area (TPSA) is 15.3 Å². The van der Waals surface area contributed by atoms with Crippen LogP contribution in [0.5, 0.6) is 0 Å². The van der Waals surface area contributed by atoms with Gasteiger partial charge in [-0.2, -0.15) is 0 Å². The first kappa shape index (κ1) is 15.2. The molecular weight excluding hydrogens is 368 g/mol. The Kier molecular flexibility index (Phi) is 5.63. The second-order valence-electron chi connectivity index (χ2n) is 5.14. The summed E-state index contributed by atoms with van der Waals surface area (Å²) < 4.78 is 2.22. The summed E-state index contributed by atoms with van der Waals surface area (Å²) in [4.78, 5) is 2.56. The zero-order chi connectivity index (χ0) is 13.8. The molecule has 0 aliphatic carbocycles. The van der Waals surface area contributed by atoms with E-state index < -0.39 is 0 Å². The molecule has 2 nitrogen and oxygen atoms in total. The Morgan fingerprint density at radius 3 is 2.58 bits per heavy atom. The van der Waals surface area contributed by atoms with Crippen LogP contribution in [-0.2, 0) is 0 Å². The van der Waals surface area contributed by atoms with Crippen molar-refractivity contribution in [3.8, 4) is 0 Å². The second-order valence-corrected chi connectivity index (χ2v) is 6.85. The molecule has 0 saturated carbocycles. The molecule has 1 heterocycles. The smallest absolute Gasteiger partial charge is 0.0386 e. The quantitative estimate of drug-likeness (QED) is 0.781. The summed E-state index contributed by atoms with van der Waals surface area (Å²) in [6.07, 6.45) is 1.02. The molecule has 0 bridgehead atoms. The molecule has 0 spiro atoms. The van der Waals surface area contributed by atoms with Crippen LogP contribution in [0, 0.1) is 0 Å². The predicted molar refractivity (Wildman–Crippen MR) is 88.5 cm³/mol. The third kappa shape index (κ3) is 4.15. The summed E-state index contributed by atoms with van der Waals surface area (Å²) in [5.74, 6) is 0. The maximum atomic E-state index is 4.09. The first-order valence-corrected chi connectivity index (χ1v) is 8.20. The molecule has 0 aromatic heterocycles.